The summed E-state index contributed by atoms with van der Waals surface area (Å²) in [5.41, 5.74) is 4.60. The quantitative estimate of drug-likeness (QED) is 0.225. The van der Waals surface area contributed by atoms with Gasteiger partial charge in [-0.05, 0) is 32.9 Å². The van der Waals surface area contributed by atoms with Crippen molar-refractivity contribution in [2.75, 3.05) is 12.8 Å². The lowest BCUT2D eigenvalue weighted by atomic mass is 9.94. The van der Waals surface area contributed by atoms with E-state index in [9.17, 15) is 19.6 Å². The number of hydrogen-bond donors (Lipinski definition) is 4. The van der Waals surface area contributed by atoms with E-state index in [1.165, 1.54) is 45.1 Å². The lowest BCUT2D eigenvalue weighted by molar-refractivity contribution is -0.142. The second-order valence-electron chi connectivity index (χ2n) is 8.79. The van der Waals surface area contributed by atoms with Crippen LogP contribution in [0.4, 0.5) is 5.82 Å². The molecular weight excluding hydrogens is 507 g/mol. The van der Waals surface area contributed by atoms with Crippen LogP contribution in [0.15, 0.2) is 43.0 Å². The summed E-state index contributed by atoms with van der Waals surface area (Å²) in [5, 5.41) is 24.7. The Morgan fingerprint density at radius 2 is 1.97 bits per heavy atom. The molecule has 0 amide bonds. The summed E-state index contributed by atoms with van der Waals surface area (Å²) in [6.07, 6.45) is -2.34. The molecule has 0 spiro atoms. The molecule has 0 bridgehead atoms. The molecule has 15 heteroatoms. The second-order valence-corrected chi connectivity index (χ2v) is 10.4. The highest BCUT2D eigenvalue weighted by Gasteiger charge is 2.56. The zero-order valence-corrected chi connectivity index (χ0v) is 21.5. The van der Waals surface area contributed by atoms with E-state index in [2.05, 4.69) is 20.0 Å². The summed E-state index contributed by atoms with van der Waals surface area (Å²) in [7, 11) is -3.06. The maximum atomic E-state index is 13.8. The molecule has 2 aromatic heterocycles. The first-order valence-electron chi connectivity index (χ1n) is 11.3. The Kier molecular flexibility index (Phi) is 7.51. The number of hydrogen-bond acceptors (Lipinski definition) is 12. The predicted octanol–water partition coefficient (Wildman–Crippen LogP) is 1.16. The molecule has 3 aromatic rings. The number of nitrogens with one attached hydrogen (secondary N) is 1. The number of rotatable bonds is 9. The van der Waals surface area contributed by atoms with Gasteiger partial charge in [0.1, 0.15) is 41.4 Å². The zero-order chi connectivity index (χ0) is 27.0. The number of aliphatic hydroxyl groups is 2. The summed E-state index contributed by atoms with van der Waals surface area (Å²) in [4.78, 5) is 24.2. The first kappa shape index (κ1) is 26.9. The molecule has 5 N–H and O–H groups in total. The number of aromatic nitrogens is 4. The Balaban J connectivity index is 1.60. The van der Waals surface area contributed by atoms with Crippen molar-refractivity contribution in [2.24, 2.45) is 0 Å². The van der Waals surface area contributed by atoms with Crippen molar-refractivity contribution < 1.29 is 38.1 Å². The molecule has 1 fully saturated rings. The predicted molar refractivity (Wildman–Crippen MR) is 130 cm³/mol. The van der Waals surface area contributed by atoms with Gasteiger partial charge in [-0.3, -0.25) is 13.9 Å². The highest BCUT2D eigenvalue weighted by molar-refractivity contribution is 7.52. The molecule has 1 aliphatic heterocycles. The van der Waals surface area contributed by atoms with Crippen molar-refractivity contribution in [3.05, 3.63) is 43.0 Å². The minimum Gasteiger partial charge on any atom is -0.468 e. The maximum absolute atomic E-state index is 13.8. The van der Waals surface area contributed by atoms with Crippen molar-refractivity contribution in [2.45, 2.75) is 57.0 Å². The smallest absolute Gasteiger partial charge is 0.459 e. The summed E-state index contributed by atoms with van der Waals surface area (Å²) in [6, 6.07) is 7.15. The highest BCUT2D eigenvalue weighted by atomic mass is 31.2. The van der Waals surface area contributed by atoms with E-state index in [1.807, 2.05) is 0 Å². The van der Waals surface area contributed by atoms with Crippen LogP contribution in [0.25, 0.3) is 11.2 Å². The number of ether oxygens (including phenoxy) is 2. The van der Waals surface area contributed by atoms with Gasteiger partial charge in [0.25, 0.3) is 0 Å². The number of anilines is 1. The number of esters is 1. The number of methoxy groups -OCH3 is 1. The molecular formula is C22H29N6O8P. The standard InChI is InChI=1S/C22H29N6O8P/c1-12(20(30)33-4)27-37(32,36-14-8-6-5-7-9-14)35-13(2)16-17(29)22(3,31)21(34-16)28-11-26-15-18(23)24-10-25-19(15)28/h5-13,16-17,21,29,31H,1-4H3,(H,27,32)(H2,23,24,25)/t12?,13?,16?,17-,21?,22-,37?/m1/s1. The summed E-state index contributed by atoms with van der Waals surface area (Å²) in [5.74, 6) is -0.343. The summed E-state index contributed by atoms with van der Waals surface area (Å²) >= 11 is 0. The first-order chi connectivity index (χ1) is 17.5. The highest BCUT2D eigenvalue weighted by Crippen LogP contribution is 2.49. The molecule has 3 heterocycles. The van der Waals surface area contributed by atoms with Crippen LogP contribution in [-0.2, 0) is 23.4 Å². The number of nitrogen functional groups attached to an aromatic ring is 1. The van der Waals surface area contributed by atoms with Gasteiger partial charge >= 0.3 is 13.7 Å². The molecule has 7 atom stereocenters. The minimum atomic E-state index is -4.25. The van der Waals surface area contributed by atoms with Crippen LogP contribution < -0.4 is 15.3 Å². The average molecular weight is 536 g/mol. The molecule has 37 heavy (non-hydrogen) atoms. The lowest BCUT2D eigenvalue weighted by Crippen LogP contribution is -2.46. The van der Waals surface area contributed by atoms with E-state index >= 15 is 0 Å². The molecule has 0 aliphatic carbocycles. The molecule has 0 radical (unpaired) electrons. The number of nitrogens with two attached hydrogens (primary N) is 1. The maximum Gasteiger partial charge on any atom is 0.459 e. The number of benzene rings is 1. The Bertz CT molecular complexity index is 1300. The number of nitrogens with zero attached hydrogens (tertiary/aromatic N) is 4. The molecule has 200 valence electrons. The van der Waals surface area contributed by atoms with E-state index in [1.54, 1.807) is 30.3 Å². The van der Waals surface area contributed by atoms with E-state index in [0.29, 0.717) is 5.52 Å². The van der Waals surface area contributed by atoms with Crippen LogP contribution in [-0.4, -0.2) is 72.8 Å². The van der Waals surface area contributed by atoms with E-state index < -0.39 is 49.9 Å². The molecule has 14 nitrogen and oxygen atoms in total. The third-order valence-corrected chi connectivity index (χ3v) is 7.74. The van der Waals surface area contributed by atoms with Crippen molar-refractivity contribution in [3.63, 3.8) is 0 Å². The Morgan fingerprint density at radius 1 is 1.27 bits per heavy atom. The third-order valence-electron chi connectivity index (χ3n) is 5.98. The van der Waals surface area contributed by atoms with Crippen molar-refractivity contribution >= 4 is 30.7 Å². The Morgan fingerprint density at radius 3 is 2.65 bits per heavy atom. The van der Waals surface area contributed by atoms with E-state index in [4.69, 9.17) is 24.3 Å². The van der Waals surface area contributed by atoms with Gasteiger partial charge in [0.05, 0.1) is 19.5 Å². The number of imidazole rings is 1. The molecule has 4 rings (SSSR count). The Labute approximate surface area is 212 Å². The van der Waals surface area contributed by atoms with E-state index in [0.717, 1.165) is 0 Å². The Hall–Kier alpha value is -3.13. The fourth-order valence-corrected chi connectivity index (χ4v) is 5.73. The minimum absolute atomic E-state index is 0.139. The van der Waals surface area contributed by atoms with Crippen molar-refractivity contribution in [1.29, 1.82) is 0 Å². The van der Waals surface area contributed by atoms with Gasteiger partial charge in [-0.25, -0.2) is 19.5 Å². The van der Waals surface area contributed by atoms with Gasteiger partial charge < -0.3 is 29.9 Å². The van der Waals surface area contributed by atoms with Crippen LogP contribution >= 0.6 is 7.75 Å². The first-order valence-corrected chi connectivity index (χ1v) is 12.9. The molecule has 0 saturated carbocycles. The van der Waals surface area contributed by atoms with Gasteiger partial charge in [-0.2, -0.15) is 5.09 Å². The van der Waals surface area contributed by atoms with Crippen LogP contribution in [0, 0.1) is 0 Å². The largest absolute Gasteiger partial charge is 0.468 e. The molecule has 1 aromatic carbocycles. The molecule has 1 saturated heterocycles. The number of fused-ring (bicyclic) bond motifs is 1. The summed E-state index contributed by atoms with van der Waals surface area (Å²) < 4.78 is 37.3. The van der Waals surface area contributed by atoms with Crippen molar-refractivity contribution in [3.8, 4) is 5.75 Å². The molecule has 1 aliphatic rings. The van der Waals surface area contributed by atoms with Gasteiger partial charge in [-0.1, -0.05) is 18.2 Å². The van der Waals surface area contributed by atoms with Gasteiger partial charge in [0.2, 0.25) is 0 Å². The summed E-state index contributed by atoms with van der Waals surface area (Å²) in [6.45, 7) is 4.30. The monoisotopic (exact) mass is 536 g/mol. The number of para-hydroxylation sites is 1. The number of carbonyl (C=O) groups is 1. The SMILES string of the molecule is COC(=O)C(C)NP(=O)(Oc1ccccc1)OC(C)C1OC(n2cnc3c(N)ncnc32)[C@](C)(O)[C@@H]1O. The normalized spacial score (nSPS) is 26.9. The van der Waals surface area contributed by atoms with E-state index in [-0.39, 0.29) is 17.2 Å². The second kappa shape index (κ2) is 10.3. The average Bonchev–Trinajstić information content (AvgIpc) is 3.38. The van der Waals surface area contributed by atoms with Crippen LogP contribution in [0.5, 0.6) is 5.75 Å². The molecule has 5 unspecified atom stereocenters. The number of aliphatic hydroxyl groups excluding tert-OH is 1. The topological polar surface area (TPSA) is 193 Å². The van der Waals surface area contributed by atoms with Gasteiger partial charge in [0.15, 0.2) is 17.7 Å². The fraction of sp³-hybridized carbons (Fsp3) is 0.455. The van der Waals surface area contributed by atoms with Crippen LogP contribution in [0.3, 0.4) is 0 Å². The fourth-order valence-electron chi connectivity index (χ4n) is 4.04. The zero-order valence-electron chi connectivity index (χ0n) is 20.6. The van der Waals surface area contributed by atoms with Crippen molar-refractivity contribution in [1.82, 2.24) is 24.6 Å². The van der Waals surface area contributed by atoms with Crippen LogP contribution in [0.2, 0.25) is 0 Å². The lowest BCUT2D eigenvalue weighted by Gasteiger charge is -2.29. The number of carbonyl (C=O) groups excluding carboxylic acids is 1. The third kappa shape index (κ3) is 5.30. The van der Waals surface area contributed by atoms with Crippen LogP contribution in [0.1, 0.15) is 27.0 Å². The van der Waals surface area contributed by atoms with Gasteiger partial charge in [-0.15, -0.1) is 0 Å². The van der Waals surface area contributed by atoms with Gasteiger partial charge in [0, 0.05) is 0 Å².